The molecule has 4 aromatic carbocycles. The SMILES string of the molecule is Cc1nc2ccc3cc(-c4ccc5c(c4)c4ncccc4c4nc(C(C)C)[nH]c54)ccc3c2[nH]1. The van der Waals surface area contributed by atoms with Crippen LogP contribution in [0.1, 0.15) is 31.4 Å². The van der Waals surface area contributed by atoms with Crippen LogP contribution in [0, 0.1) is 6.92 Å². The van der Waals surface area contributed by atoms with Gasteiger partial charge in [0.1, 0.15) is 11.6 Å². The fourth-order valence-electron chi connectivity index (χ4n) is 5.12. The number of benzene rings is 4. The standard InChI is InChI=1S/C29H23N5/c1-15(2)29-33-27-21-10-7-18(14-23(21)25-22(28(27)34-29)5-4-12-30-25)17-6-9-20-19(13-17)8-11-24-26(20)32-16(3)31-24/h4-15H,1-3H3,(H,31,32)(H,33,34). The molecular weight excluding hydrogens is 418 g/mol. The van der Waals surface area contributed by atoms with Gasteiger partial charge in [-0.2, -0.15) is 0 Å². The van der Waals surface area contributed by atoms with Gasteiger partial charge >= 0.3 is 0 Å². The summed E-state index contributed by atoms with van der Waals surface area (Å²) < 4.78 is 0. The number of H-pyrrole nitrogens is 2. The van der Waals surface area contributed by atoms with Crippen LogP contribution in [0.4, 0.5) is 0 Å². The number of imidazole rings is 2. The average Bonchev–Trinajstić information content (AvgIpc) is 3.47. The van der Waals surface area contributed by atoms with Gasteiger partial charge in [0.05, 0.1) is 27.6 Å². The lowest BCUT2D eigenvalue weighted by Crippen LogP contribution is -1.88. The molecule has 5 nitrogen and oxygen atoms in total. The van der Waals surface area contributed by atoms with E-state index in [1.807, 2.05) is 19.2 Å². The van der Waals surface area contributed by atoms with Gasteiger partial charge in [-0.15, -0.1) is 0 Å². The largest absolute Gasteiger partial charge is 0.342 e. The van der Waals surface area contributed by atoms with Gasteiger partial charge < -0.3 is 9.97 Å². The van der Waals surface area contributed by atoms with Gasteiger partial charge in [0.25, 0.3) is 0 Å². The molecule has 0 atom stereocenters. The van der Waals surface area contributed by atoms with Crippen molar-refractivity contribution in [2.75, 3.05) is 0 Å². The molecule has 0 saturated heterocycles. The maximum atomic E-state index is 4.93. The summed E-state index contributed by atoms with van der Waals surface area (Å²) in [5.74, 6) is 2.27. The molecule has 0 aliphatic carbocycles. The summed E-state index contributed by atoms with van der Waals surface area (Å²) in [5, 5.41) is 5.76. The molecule has 0 bridgehead atoms. The minimum Gasteiger partial charge on any atom is -0.342 e. The first-order chi connectivity index (χ1) is 16.6. The number of hydrogen-bond acceptors (Lipinski definition) is 3. The molecule has 0 amide bonds. The van der Waals surface area contributed by atoms with Crippen molar-refractivity contribution in [1.82, 2.24) is 24.9 Å². The number of rotatable bonds is 2. The summed E-state index contributed by atoms with van der Waals surface area (Å²) in [6, 6.07) is 21.7. The molecule has 0 aliphatic heterocycles. The number of nitrogens with zero attached hydrogens (tertiary/aromatic N) is 3. The van der Waals surface area contributed by atoms with Gasteiger partial charge in [-0.3, -0.25) is 4.98 Å². The summed E-state index contributed by atoms with van der Waals surface area (Å²) in [4.78, 5) is 21.3. The van der Waals surface area contributed by atoms with E-state index in [1.165, 1.54) is 21.9 Å². The molecular formula is C29H23N5. The number of aromatic amines is 2. The highest BCUT2D eigenvalue weighted by atomic mass is 14.9. The van der Waals surface area contributed by atoms with E-state index in [0.29, 0.717) is 5.92 Å². The Labute approximate surface area is 195 Å². The first kappa shape index (κ1) is 19.2. The number of aromatic nitrogens is 5. The Morgan fingerprint density at radius 1 is 0.706 bits per heavy atom. The van der Waals surface area contributed by atoms with Crippen molar-refractivity contribution in [2.45, 2.75) is 26.7 Å². The monoisotopic (exact) mass is 441 g/mol. The molecule has 2 N–H and O–H groups in total. The van der Waals surface area contributed by atoms with Crippen molar-refractivity contribution < 1.29 is 0 Å². The lowest BCUT2D eigenvalue weighted by molar-refractivity contribution is 0.799. The van der Waals surface area contributed by atoms with Crippen LogP contribution in [0.25, 0.3) is 65.6 Å². The molecule has 0 fully saturated rings. The normalized spacial score (nSPS) is 12.2. The minimum atomic E-state index is 0.330. The molecule has 3 heterocycles. The molecule has 3 aromatic heterocycles. The summed E-state index contributed by atoms with van der Waals surface area (Å²) in [6.07, 6.45) is 1.87. The summed E-state index contributed by atoms with van der Waals surface area (Å²) in [6.45, 7) is 6.32. The molecule has 0 saturated carbocycles. The molecule has 0 aliphatic rings. The fourth-order valence-corrected chi connectivity index (χ4v) is 5.12. The van der Waals surface area contributed by atoms with Crippen LogP contribution in [0.5, 0.6) is 0 Å². The fraction of sp³-hybridized carbons (Fsp3) is 0.138. The second-order valence-electron chi connectivity index (χ2n) is 9.38. The number of aryl methyl sites for hydroxylation is 1. The third-order valence-corrected chi connectivity index (χ3v) is 6.80. The second-order valence-corrected chi connectivity index (χ2v) is 9.38. The van der Waals surface area contributed by atoms with Crippen molar-refractivity contribution >= 4 is 54.5 Å². The highest BCUT2D eigenvalue weighted by Crippen LogP contribution is 2.37. The Balaban J connectivity index is 1.49. The predicted octanol–water partition coefficient (Wildman–Crippen LogP) is 7.39. The molecule has 164 valence electrons. The first-order valence-corrected chi connectivity index (χ1v) is 11.7. The summed E-state index contributed by atoms with van der Waals surface area (Å²) >= 11 is 0. The summed E-state index contributed by atoms with van der Waals surface area (Å²) in [7, 11) is 0. The van der Waals surface area contributed by atoms with Crippen LogP contribution in [-0.4, -0.2) is 24.9 Å². The second kappa shape index (κ2) is 6.87. The topological polar surface area (TPSA) is 70.2 Å². The van der Waals surface area contributed by atoms with E-state index in [-0.39, 0.29) is 0 Å². The van der Waals surface area contributed by atoms with Crippen LogP contribution in [-0.2, 0) is 0 Å². The predicted molar refractivity (Wildman–Crippen MR) is 140 cm³/mol. The number of hydrogen-bond donors (Lipinski definition) is 2. The number of fused-ring (bicyclic) bond motifs is 9. The Morgan fingerprint density at radius 3 is 2.38 bits per heavy atom. The quantitative estimate of drug-likeness (QED) is 0.275. The van der Waals surface area contributed by atoms with E-state index in [1.54, 1.807) is 0 Å². The van der Waals surface area contributed by atoms with Crippen LogP contribution >= 0.6 is 0 Å². The van der Waals surface area contributed by atoms with E-state index < -0.39 is 0 Å². The highest BCUT2D eigenvalue weighted by molar-refractivity contribution is 6.22. The summed E-state index contributed by atoms with van der Waals surface area (Å²) in [5.41, 5.74) is 7.53. The zero-order valence-corrected chi connectivity index (χ0v) is 19.3. The minimum absolute atomic E-state index is 0.330. The Bertz CT molecular complexity index is 1910. The molecule has 0 spiro atoms. The molecule has 0 radical (unpaired) electrons. The van der Waals surface area contributed by atoms with Crippen molar-refractivity contribution in [3.63, 3.8) is 0 Å². The highest BCUT2D eigenvalue weighted by Gasteiger charge is 2.16. The van der Waals surface area contributed by atoms with Gasteiger partial charge in [-0.25, -0.2) is 9.97 Å². The lowest BCUT2D eigenvalue weighted by atomic mass is 9.96. The van der Waals surface area contributed by atoms with E-state index in [4.69, 9.17) is 9.97 Å². The van der Waals surface area contributed by atoms with Crippen molar-refractivity contribution in [2.24, 2.45) is 0 Å². The van der Waals surface area contributed by atoms with Gasteiger partial charge in [0.15, 0.2) is 0 Å². The van der Waals surface area contributed by atoms with Crippen LogP contribution in [0.3, 0.4) is 0 Å². The zero-order valence-electron chi connectivity index (χ0n) is 19.3. The third-order valence-electron chi connectivity index (χ3n) is 6.80. The van der Waals surface area contributed by atoms with Crippen LogP contribution in [0.15, 0.2) is 66.9 Å². The maximum Gasteiger partial charge on any atom is 0.109 e. The molecule has 34 heavy (non-hydrogen) atoms. The average molecular weight is 442 g/mol. The Kier molecular flexibility index (Phi) is 3.89. The van der Waals surface area contributed by atoms with E-state index >= 15 is 0 Å². The van der Waals surface area contributed by atoms with Gasteiger partial charge in [0, 0.05) is 33.7 Å². The number of pyridine rings is 1. The van der Waals surface area contributed by atoms with Gasteiger partial charge in [0.2, 0.25) is 0 Å². The Morgan fingerprint density at radius 2 is 1.53 bits per heavy atom. The van der Waals surface area contributed by atoms with Gasteiger partial charge in [-0.1, -0.05) is 44.2 Å². The first-order valence-electron chi connectivity index (χ1n) is 11.7. The van der Waals surface area contributed by atoms with Gasteiger partial charge in [-0.05, 0) is 53.8 Å². The van der Waals surface area contributed by atoms with Crippen molar-refractivity contribution in [3.05, 3.63) is 78.5 Å². The molecule has 5 heteroatoms. The van der Waals surface area contributed by atoms with E-state index in [9.17, 15) is 0 Å². The molecule has 7 aromatic rings. The third kappa shape index (κ3) is 2.70. The van der Waals surface area contributed by atoms with Crippen LogP contribution < -0.4 is 0 Å². The zero-order chi connectivity index (χ0) is 23.0. The van der Waals surface area contributed by atoms with Crippen LogP contribution in [0.2, 0.25) is 0 Å². The van der Waals surface area contributed by atoms with E-state index in [0.717, 1.165) is 55.4 Å². The molecule has 0 unspecified atom stereocenters. The Hall–Kier alpha value is -4.25. The molecule has 7 rings (SSSR count). The van der Waals surface area contributed by atoms with E-state index in [2.05, 4.69) is 83.4 Å². The lowest BCUT2D eigenvalue weighted by Gasteiger charge is -2.09. The maximum absolute atomic E-state index is 4.93. The number of nitrogens with one attached hydrogen (secondary N) is 2. The van der Waals surface area contributed by atoms with Crippen molar-refractivity contribution in [3.8, 4) is 11.1 Å². The van der Waals surface area contributed by atoms with Crippen molar-refractivity contribution in [1.29, 1.82) is 0 Å². The smallest absolute Gasteiger partial charge is 0.109 e.